The van der Waals surface area contributed by atoms with Gasteiger partial charge in [0.15, 0.2) is 0 Å². The van der Waals surface area contributed by atoms with Crippen LogP contribution in [-0.4, -0.2) is 10.6 Å². The average Bonchev–Trinajstić information content (AvgIpc) is 2.46. The first kappa shape index (κ1) is 12.8. The maximum absolute atomic E-state index is 10.6. The van der Waals surface area contributed by atoms with Gasteiger partial charge in [-0.25, -0.2) is 0 Å². The molecule has 2 rings (SSSR count). The average molecular weight is 255 g/mol. The Labute approximate surface area is 110 Å². The van der Waals surface area contributed by atoms with Crippen LogP contribution in [0.5, 0.6) is 0 Å². The van der Waals surface area contributed by atoms with Crippen LogP contribution in [0.1, 0.15) is 12.5 Å². The molecule has 5 heteroatoms. The molecule has 0 bridgehead atoms. The minimum Gasteiger partial charge on any atom is -0.278 e. The second kappa shape index (κ2) is 5.77. The molecule has 0 fully saturated rings. The van der Waals surface area contributed by atoms with Gasteiger partial charge in [-0.2, -0.15) is 5.10 Å². The third kappa shape index (κ3) is 3.38. The number of nitrogens with one attached hydrogen (secondary N) is 1. The van der Waals surface area contributed by atoms with E-state index < -0.39 is 4.92 Å². The highest BCUT2D eigenvalue weighted by atomic mass is 16.6. The molecule has 0 atom stereocenters. The number of nitro groups is 1. The molecule has 0 aliphatic rings. The topological polar surface area (TPSA) is 67.5 Å². The minimum atomic E-state index is -0.418. The van der Waals surface area contributed by atoms with Gasteiger partial charge in [-0.15, -0.1) is 0 Å². The molecule has 0 aromatic heterocycles. The Balaban J connectivity index is 2.10. The van der Waals surface area contributed by atoms with Gasteiger partial charge in [-0.3, -0.25) is 15.5 Å². The van der Waals surface area contributed by atoms with Crippen molar-refractivity contribution in [2.75, 3.05) is 5.43 Å². The van der Waals surface area contributed by atoms with Crippen molar-refractivity contribution in [1.82, 2.24) is 0 Å². The van der Waals surface area contributed by atoms with Crippen LogP contribution in [0.4, 0.5) is 11.4 Å². The largest absolute Gasteiger partial charge is 0.278 e. The molecule has 96 valence electrons. The normalized spacial score (nSPS) is 11.1. The first-order valence-electron chi connectivity index (χ1n) is 5.77. The molecular formula is C14H13N3O2. The minimum absolute atomic E-state index is 0.0765. The quantitative estimate of drug-likeness (QED) is 0.517. The molecule has 0 unspecified atom stereocenters. The monoisotopic (exact) mass is 255 g/mol. The molecule has 0 amide bonds. The number of para-hydroxylation sites is 1. The molecule has 2 aromatic carbocycles. The number of nitro benzene ring substituents is 1. The summed E-state index contributed by atoms with van der Waals surface area (Å²) in [4.78, 5) is 10.1. The fraction of sp³-hybridized carbons (Fsp3) is 0.0714. The number of nitrogens with zero attached hydrogens (tertiary/aromatic N) is 2. The van der Waals surface area contributed by atoms with E-state index in [0.29, 0.717) is 0 Å². The predicted octanol–water partition coefficient (Wildman–Crippen LogP) is 3.43. The highest BCUT2D eigenvalue weighted by Crippen LogP contribution is 2.13. The van der Waals surface area contributed by atoms with Gasteiger partial charge in [0.2, 0.25) is 0 Å². The van der Waals surface area contributed by atoms with Crippen molar-refractivity contribution in [3.05, 3.63) is 70.3 Å². The standard InChI is InChI=1S/C14H13N3O2/c1-11(15-16-13-5-3-2-4-6-13)12-7-9-14(10-8-12)17(18)19/h2-10,16H,1H3/b15-11-. The van der Waals surface area contributed by atoms with Crippen molar-refractivity contribution < 1.29 is 4.92 Å². The summed E-state index contributed by atoms with van der Waals surface area (Å²) in [7, 11) is 0. The predicted molar refractivity (Wildman–Crippen MR) is 75.4 cm³/mol. The molecular weight excluding hydrogens is 242 g/mol. The lowest BCUT2D eigenvalue weighted by Crippen LogP contribution is -1.99. The summed E-state index contributed by atoms with van der Waals surface area (Å²) in [6.45, 7) is 1.84. The van der Waals surface area contributed by atoms with Crippen LogP contribution < -0.4 is 5.43 Å². The van der Waals surface area contributed by atoms with Gasteiger partial charge in [0.05, 0.1) is 16.3 Å². The lowest BCUT2D eigenvalue weighted by molar-refractivity contribution is -0.384. The summed E-state index contributed by atoms with van der Waals surface area (Å²) in [6, 6.07) is 15.9. The van der Waals surface area contributed by atoms with Gasteiger partial charge in [0.25, 0.3) is 5.69 Å². The first-order chi connectivity index (χ1) is 9.16. The molecule has 0 radical (unpaired) electrons. The van der Waals surface area contributed by atoms with Crippen LogP contribution in [-0.2, 0) is 0 Å². The Morgan fingerprint density at radius 3 is 2.32 bits per heavy atom. The molecule has 0 heterocycles. The van der Waals surface area contributed by atoms with Crippen LogP contribution in [0, 0.1) is 10.1 Å². The maximum atomic E-state index is 10.6. The molecule has 0 aliphatic carbocycles. The lowest BCUT2D eigenvalue weighted by atomic mass is 10.1. The number of rotatable bonds is 4. The molecule has 0 saturated carbocycles. The van der Waals surface area contributed by atoms with Gasteiger partial charge in [-0.05, 0) is 36.8 Å². The van der Waals surface area contributed by atoms with Gasteiger partial charge >= 0.3 is 0 Å². The second-order valence-corrected chi connectivity index (χ2v) is 3.98. The molecule has 2 aromatic rings. The van der Waals surface area contributed by atoms with E-state index in [1.165, 1.54) is 12.1 Å². The summed E-state index contributed by atoms with van der Waals surface area (Å²) in [6.07, 6.45) is 0. The fourth-order valence-electron chi connectivity index (χ4n) is 1.55. The number of benzene rings is 2. The zero-order valence-electron chi connectivity index (χ0n) is 10.4. The van der Waals surface area contributed by atoms with Gasteiger partial charge in [-0.1, -0.05) is 18.2 Å². The van der Waals surface area contributed by atoms with Crippen LogP contribution >= 0.6 is 0 Å². The van der Waals surface area contributed by atoms with Crippen molar-refractivity contribution in [3.63, 3.8) is 0 Å². The molecule has 0 spiro atoms. The third-order valence-electron chi connectivity index (χ3n) is 2.62. The molecule has 1 N–H and O–H groups in total. The summed E-state index contributed by atoms with van der Waals surface area (Å²) in [5.74, 6) is 0. The van der Waals surface area contributed by atoms with E-state index in [1.54, 1.807) is 12.1 Å². The van der Waals surface area contributed by atoms with E-state index in [4.69, 9.17) is 0 Å². The highest BCUT2D eigenvalue weighted by molar-refractivity contribution is 5.99. The van der Waals surface area contributed by atoms with Crippen LogP contribution in [0.3, 0.4) is 0 Å². The number of hydrogen-bond acceptors (Lipinski definition) is 4. The maximum Gasteiger partial charge on any atom is 0.269 e. The number of hydrogen-bond donors (Lipinski definition) is 1. The number of anilines is 1. The summed E-state index contributed by atoms with van der Waals surface area (Å²) >= 11 is 0. The molecule has 19 heavy (non-hydrogen) atoms. The fourth-order valence-corrected chi connectivity index (χ4v) is 1.55. The van der Waals surface area contributed by atoms with Gasteiger partial charge < -0.3 is 0 Å². The van der Waals surface area contributed by atoms with E-state index in [9.17, 15) is 10.1 Å². The van der Waals surface area contributed by atoms with Crippen molar-refractivity contribution in [3.8, 4) is 0 Å². The summed E-state index contributed by atoms with van der Waals surface area (Å²) in [5.41, 5.74) is 5.51. The molecule has 5 nitrogen and oxygen atoms in total. The van der Waals surface area contributed by atoms with Crippen molar-refractivity contribution >= 4 is 17.1 Å². The Bertz CT molecular complexity index is 592. The smallest absolute Gasteiger partial charge is 0.269 e. The van der Waals surface area contributed by atoms with E-state index in [1.807, 2.05) is 37.3 Å². The van der Waals surface area contributed by atoms with Crippen LogP contribution in [0.25, 0.3) is 0 Å². The molecule has 0 saturated heterocycles. The highest BCUT2D eigenvalue weighted by Gasteiger charge is 2.05. The van der Waals surface area contributed by atoms with E-state index in [2.05, 4.69) is 10.5 Å². The Hall–Kier alpha value is -2.69. The zero-order valence-corrected chi connectivity index (χ0v) is 10.4. The number of non-ortho nitro benzene ring substituents is 1. The van der Waals surface area contributed by atoms with E-state index >= 15 is 0 Å². The van der Waals surface area contributed by atoms with Gasteiger partial charge in [0.1, 0.15) is 0 Å². The van der Waals surface area contributed by atoms with E-state index in [-0.39, 0.29) is 5.69 Å². The Morgan fingerprint density at radius 1 is 1.11 bits per heavy atom. The van der Waals surface area contributed by atoms with Crippen molar-refractivity contribution in [2.45, 2.75) is 6.92 Å². The first-order valence-corrected chi connectivity index (χ1v) is 5.77. The molecule has 0 aliphatic heterocycles. The Kier molecular flexibility index (Phi) is 3.87. The lowest BCUT2D eigenvalue weighted by Gasteiger charge is -2.03. The van der Waals surface area contributed by atoms with Crippen LogP contribution in [0.2, 0.25) is 0 Å². The number of hydrazone groups is 1. The van der Waals surface area contributed by atoms with Crippen molar-refractivity contribution in [2.24, 2.45) is 5.10 Å². The van der Waals surface area contributed by atoms with Gasteiger partial charge in [0, 0.05) is 12.1 Å². The van der Waals surface area contributed by atoms with Crippen LogP contribution in [0.15, 0.2) is 59.7 Å². The third-order valence-corrected chi connectivity index (χ3v) is 2.62. The summed E-state index contributed by atoms with van der Waals surface area (Å²) < 4.78 is 0. The van der Waals surface area contributed by atoms with Crippen molar-refractivity contribution in [1.29, 1.82) is 0 Å². The second-order valence-electron chi connectivity index (χ2n) is 3.98. The summed E-state index contributed by atoms with van der Waals surface area (Å²) in [5, 5.41) is 14.8. The SMILES string of the molecule is C/C(=N/Nc1ccccc1)c1ccc([N+](=O)[O-])cc1. The van der Waals surface area contributed by atoms with E-state index in [0.717, 1.165) is 17.0 Å². The Morgan fingerprint density at radius 2 is 1.74 bits per heavy atom. The zero-order chi connectivity index (χ0) is 13.7.